The van der Waals surface area contributed by atoms with E-state index >= 15 is 0 Å². The highest BCUT2D eigenvalue weighted by molar-refractivity contribution is 7.90. The molecule has 1 N–H and O–H groups in total. The van der Waals surface area contributed by atoms with E-state index in [1.54, 1.807) is 18.3 Å². The van der Waals surface area contributed by atoms with Gasteiger partial charge >= 0.3 is 11.8 Å². The summed E-state index contributed by atoms with van der Waals surface area (Å²) in [4.78, 5) is 11.5. The quantitative estimate of drug-likeness (QED) is 0.368. The van der Waals surface area contributed by atoms with Crippen molar-refractivity contribution in [1.29, 1.82) is 0 Å². The summed E-state index contributed by atoms with van der Waals surface area (Å²) in [6.45, 7) is 2.68. The number of nitrogens with one attached hydrogen (secondary N) is 1. The summed E-state index contributed by atoms with van der Waals surface area (Å²) in [6, 6.07) is 3.14. The van der Waals surface area contributed by atoms with Crippen LogP contribution >= 0.6 is 0 Å². The first-order valence-corrected chi connectivity index (χ1v) is 10.4. The van der Waals surface area contributed by atoms with Gasteiger partial charge < -0.3 is 23.5 Å². The summed E-state index contributed by atoms with van der Waals surface area (Å²) in [5.74, 6) is 0.364. The van der Waals surface area contributed by atoms with Gasteiger partial charge in [-0.3, -0.25) is 9.97 Å². The van der Waals surface area contributed by atoms with E-state index in [2.05, 4.69) is 26.3 Å². The average Bonchev–Trinajstić information content (AvgIpc) is 3.17. The zero-order valence-corrected chi connectivity index (χ0v) is 17.9. The number of fused-ring (bicyclic) bond motifs is 1. The SMILES string of the molecule is C=CCOc1ccnc(C[S+]([O-])c2nc3c(OC)c(OC(F)F)c(OC)cc3[nH]2)c1C. The third-order valence-electron chi connectivity index (χ3n) is 4.36. The van der Waals surface area contributed by atoms with Crippen LogP contribution in [0.15, 0.2) is 36.1 Å². The maximum atomic E-state index is 13.0. The molecule has 31 heavy (non-hydrogen) atoms. The molecule has 0 saturated heterocycles. The molecule has 1 aromatic carbocycles. The lowest BCUT2D eigenvalue weighted by atomic mass is 10.2. The van der Waals surface area contributed by atoms with Gasteiger partial charge in [-0.15, -0.1) is 0 Å². The number of pyridine rings is 1. The van der Waals surface area contributed by atoms with Crippen LogP contribution in [0.3, 0.4) is 0 Å². The fourth-order valence-corrected chi connectivity index (χ4v) is 4.00. The van der Waals surface area contributed by atoms with Crippen molar-refractivity contribution in [3.8, 4) is 23.0 Å². The Balaban J connectivity index is 1.95. The van der Waals surface area contributed by atoms with Crippen LogP contribution < -0.4 is 18.9 Å². The molecule has 1 atom stereocenters. The lowest BCUT2D eigenvalue weighted by Crippen LogP contribution is -2.10. The minimum atomic E-state index is -3.09. The molecule has 0 radical (unpaired) electrons. The Morgan fingerprint density at radius 2 is 2.03 bits per heavy atom. The molecule has 166 valence electrons. The van der Waals surface area contributed by atoms with Gasteiger partial charge in [-0.2, -0.15) is 13.8 Å². The van der Waals surface area contributed by atoms with Crippen LogP contribution in [0.1, 0.15) is 11.3 Å². The number of hydrogen-bond donors (Lipinski definition) is 1. The maximum absolute atomic E-state index is 13.0. The Bertz CT molecular complexity index is 1080. The van der Waals surface area contributed by atoms with Crippen LogP contribution in [0.2, 0.25) is 0 Å². The van der Waals surface area contributed by atoms with Crippen molar-refractivity contribution < 1.29 is 32.3 Å². The zero-order chi connectivity index (χ0) is 22.5. The summed E-state index contributed by atoms with van der Waals surface area (Å²) in [5.41, 5.74) is 1.91. The molecule has 0 amide bonds. The molecular weight excluding hydrogens is 432 g/mol. The molecule has 2 heterocycles. The molecule has 8 nitrogen and oxygen atoms in total. The van der Waals surface area contributed by atoms with Crippen LogP contribution in [0.4, 0.5) is 8.78 Å². The molecule has 0 aliphatic carbocycles. The molecule has 0 spiro atoms. The van der Waals surface area contributed by atoms with Crippen molar-refractivity contribution in [1.82, 2.24) is 15.0 Å². The van der Waals surface area contributed by atoms with Crippen LogP contribution in [0.25, 0.3) is 11.0 Å². The third-order valence-corrected chi connectivity index (χ3v) is 5.52. The van der Waals surface area contributed by atoms with E-state index in [0.29, 0.717) is 23.6 Å². The highest BCUT2D eigenvalue weighted by atomic mass is 32.2. The number of H-pyrrole nitrogens is 1. The fraction of sp³-hybridized carbons (Fsp3) is 0.300. The lowest BCUT2D eigenvalue weighted by Gasteiger charge is -2.13. The van der Waals surface area contributed by atoms with Gasteiger partial charge in [-0.25, -0.2) is 0 Å². The van der Waals surface area contributed by atoms with Gasteiger partial charge in [-0.1, -0.05) is 12.7 Å². The Morgan fingerprint density at radius 3 is 2.68 bits per heavy atom. The minimum Gasteiger partial charge on any atom is -0.609 e. The summed E-state index contributed by atoms with van der Waals surface area (Å²) < 4.78 is 59.1. The Morgan fingerprint density at radius 1 is 1.26 bits per heavy atom. The number of aromatic nitrogens is 3. The number of alkyl halides is 2. The second-order valence-corrected chi connectivity index (χ2v) is 7.59. The first-order valence-electron chi connectivity index (χ1n) is 9.05. The van der Waals surface area contributed by atoms with Gasteiger partial charge in [0.2, 0.25) is 5.75 Å². The second kappa shape index (κ2) is 9.84. The van der Waals surface area contributed by atoms with E-state index in [1.807, 2.05) is 6.92 Å². The molecule has 3 aromatic rings. The van der Waals surface area contributed by atoms with Gasteiger partial charge in [0.1, 0.15) is 17.9 Å². The van der Waals surface area contributed by atoms with Crippen molar-refractivity contribution >= 4 is 22.2 Å². The van der Waals surface area contributed by atoms with Gasteiger partial charge in [-0.05, 0) is 13.0 Å². The van der Waals surface area contributed by atoms with E-state index in [9.17, 15) is 13.3 Å². The summed E-state index contributed by atoms with van der Waals surface area (Å²) in [5, 5.41) is 0.128. The normalized spacial score (nSPS) is 12.1. The third kappa shape index (κ3) is 4.83. The van der Waals surface area contributed by atoms with Gasteiger partial charge in [0.05, 0.1) is 25.4 Å². The number of halogens is 2. The number of nitrogens with zero attached hydrogens (tertiary/aromatic N) is 2. The Hall–Kier alpha value is -3.05. The second-order valence-electron chi connectivity index (χ2n) is 6.23. The first kappa shape index (κ1) is 22.6. The van der Waals surface area contributed by atoms with Crippen molar-refractivity contribution in [2.45, 2.75) is 24.4 Å². The zero-order valence-electron chi connectivity index (χ0n) is 17.1. The number of imidazole rings is 1. The molecule has 2 aromatic heterocycles. The molecule has 0 fully saturated rings. The van der Waals surface area contributed by atoms with Crippen molar-refractivity contribution in [3.63, 3.8) is 0 Å². The lowest BCUT2D eigenvalue weighted by molar-refractivity contribution is -0.0524. The molecule has 11 heteroatoms. The van der Waals surface area contributed by atoms with E-state index < -0.39 is 17.8 Å². The first-order chi connectivity index (χ1) is 14.9. The Kier molecular flexibility index (Phi) is 7.18. The smallest absolute Gasteiger partial charge is 0.387 e. The van der Waals surface area contributed by atoms with Crippen molar-refractivity contribution in [2.24, 2.45) is 0 Å². The summed E-state index contributed by atoms with van der Waals surface area (Å²) >= 11 is -1.62. The van der Waals surface area contributed by atoms with Gasteiger partial charge in [0.25, 0.3) is 0 Å². The largest absolute Gasteiger partial charge is 0.609 e. The maximum Gasteiger partial charge on any atom is 0.387 e. The number of benzene rings is 1. The predicted molar refractivity (Wildman–Crippen MR) is 111 cm³/mol. The molecule has 1 unspecified atom stereocenters. The Labute approximate surface area is 180 Å². The molecular formula is C20H21F2N3O5S. The van der Waals surface area contributed by atoms with Crippen LogP contribution in [-0.2, 0) is 16.9 Å². The van der Waals surface area contributed by atoms with Crippen LogP contribution in [0.5, 0.6) is 23.0 Å². The highest BCUT2D eigenvalue weighted by Crippen LogP contribution is 2.43. The van der Waals surface area contributed by atoms with E-state index in [-0.39, 0.29) is 33.7 Å². The summed E-state index contributed by atoms with van der Waals surface area (Å²) in [7, 11) is 2.60. The van der Waals surface area contributed by atoms with Gasteiger partial charge in [0, 0.05) is 29.0 Å². The fourth-order valence-electron chi connectivity index (χ4n) is 2.91. The summed E-state index contributed by atoms with van der Waals surface area (Å²) in [6.07, 6.45) is 3.19. The average molecular weight is 453 g/mol. The molecule has 0 bridgehead atoms. The number of aromatic amines is 1. The molecule has 3 rings (SSSR count). The topological polar surface area (TPSA) is 102 Å². The number of methoxy groups -OCH3 is 2. The van der Waals surface area contributed by atoms with E-state index in [4.69, 9.17) is 14.2 Å². The number of hydrogen-bond acceptors (Lipinski definition) is 7. The van der Waals surface area contributed by atoms with E-state index in [0.717, 1.165) is 5.56 Å². The predicted octanol–water partition coefficient (Wildman–Crippen LogP) is 3.76. The van der Waals surface area contributed by atoms with Crippen LogP contribution in [-0.4, -0.2) is 46.9 Å². The number of ether oxygens (including phenoxy) is 4. The van der Waals surface area contributed by atoms with Gasteiger partial charge in [0.15, 0.2) is 17.3 Å². The van der Waals surface area contributed by atoms with E-state index in [1.165, 1.54) is 20.3 Å². The molecule has 0 saturated carbocycles. The molecule has 0 aliphatic rings. The van der Waals surface area contributed by atoms with Crippen molar-refractivity contribution in [3.05, 3.63) is 42.2 Å². The van der Waals surface area contributed by atoms with Crippen molar-refractivity contribution in [2.75, 3.05) is 20.8 Å². The standard InChI is InChI=1S/C20H21F2N3O5S/c1-5-8-29-14-6-7-23-13(11(14)2)10-31(26)20-24-12-9-15(27-3)17(30-19(21)22)18(28-4)16(12)25-20/h5-7,9,19H,1,8,10H2,2-4H3,(H,24,25). The minimum absolute atomic E-state index is 0.0233. The number of rotatable bonds is 10. The van der Waals surface area contributed by atoms with Crippen LogP contribution in [0, 0.1) is 6.92 Å². The highest BCUT2D eigenvalue weighted by Gasteiger charge is 2.26. The monoisotopic (exact) mass is 453 g/mol. The molecule has 0 aliphatic heterocycles.